The van der Waals surface area contributed by atoms with E-state index in [1.807, 2.05) is 19.0 Å². The summed E-state index contributed by atoms with van der Waals surface area (Å²) in [6.45, 7) is 2.06. The SMILES string of the molecule is CN(C)CCO[C@@H]1COCC[C@H]1NS(=O)(=O)c1ccc(C(N)=O)cc1. The Hall–Kier alpha value is -1.52. The van der Waals surface area contributed by atoms with Gasteiger partial charge in [0, 0.05) is 18.7 Å². The van der Waals surface area contributed by atoms with Crippen LogP contribution < -0.4 is 10.5 Å². The topological polar surface area (TPSA) is 111 Å². The number of carbonyl (C=O) groups is 1. The quantitative estimate of drug-likeness (QED) is 0.655. The molecule has 25 heavy (non-hydrogen) atoms. The standard InChI is InChI=1S/C16H25N3O5S/c1-19(2)8-10-24-15-11-23-9-7-14(15)18-25(21,22)13-5-3-12(4-6-13)16(17)20/h3-6,14-15,18H,7-11H2,1-2H3,(H2,17,20)/t14-,15-/m1/s1. The predicted molar refractivity (Wildman–Crippen MR) is 92.8 cm³/mol. The smallest absolute Gasteiger partial charge is 0.248 e. The van der Waals surface area contributed by atoms with Gasteiger partial charge >= 0.3 is 0 Å². The van der Waals surface area contributed by atoms with Gasteiger partial charge in [-0.25, -0.2) is 13.1 Å². The van der Waals surface area contributed by atoms with Crippen LogP contribution in [-0.4, -0.2) is 71.8 Å². The predicted octanol–water partition coefficient (Wildman–Crippen LogP) is -0.200. The lowest BCUT2D eigenvalue weighted by Crippen LogP contribution is -2.50. The van der Waals surface area contributed by atoms with Crippen LogP contribution in [0, 0.1) is 0 Å². The molecule has 1 aliphatic rings. The molecule has 1 aromatic rings. The molecule has 1 heterocycles. The van der Waals surface area contributed by atoms with E-state index >= 15 is 0 Å². The number of nitrogens with two attached hydrogens (primary N) is 1. The van der Waals surface area contributed by atoms with Crippen LogP contribution in [0.1, 0.15) is 16.8 Å². The number of ether oxygens (including phenoxy) is 2. The molecule has 1 aromatic carbocycles. The molecule has 1 fully saturated rings. The summed E-state index contributed by atoms with van der Waals surface area (Å²) in [4.78, 5) is 13.2. The molecular formula is C16H25N3O5S. The van der Waals surface area contributed by atoms with E-state index in [2.05, 4.69) is 4.72 Å². The van der Waals surface area contributed by atoms with Crippen molar-refractivity contribution in [2.75, 3.05) is 40.5 Å². The average Bonchev–Trinajstić information content (AvgIpc) is 2.56. The second-order valence-corrected chi connectivity index (χ2v) is 7.91. The lowest BCUT2D eigenvalue weighted by molar-refractivity contribution is -0.0665. The van der Waals surface area contributed by atoms with Crippen LogP contribution in [0.5, 0.6) is 0 Å². The van der Waals surface area contributed by atoms with Crippen LogP contribution in [0.2, 0.25) is 0 Å². The Balaban J connectivity index is 2.04. The first kappa shape index (κ1) is 19.8. The maximum Gasteiger partial charge on any atom is 0.248 e. The number of primary amides is 1. The first-order valence-electron chi connectivity index (χ1n) is 8.06. The van der Waals surface area contributed by atoms with Gasteiger partial charge in [0.25, 0.3) is 0 Å². The number of sulfonamides is 1. The third kappa shape index (κ3) is 5.75. The van der Waals surface area contributed by atoms with E-state index in [1.165, 1.54) is 24.3 Å². The van der Waals surface area contributed by atoms with E-state index in [1.54, 1.807) is 0 Å². The third-order valence-corrected chi connectivity index (χ3v) is 5.44. The minimum absolute atomic E-state index is 0.0797. The highest BCUT2D eigenvalue weighted by Gasteiger charge is 2.30. The molecule has 0 saturated carbocycles. The molecule has 8 nitrogen and oxygen atoms in total. The molecule has 140 valence electrons. The number of carbonyl (C=O) groups excluding carboxylic acids is 1. The molecule has 0 radical (unpaired) electrons. The Morgan fingerprint density at radius 2 is 2.04 bits per heavy atom. The molecule has 9 heteroatoms. The molecule has 0 bridgehead atoms. The molecule has 1 saturated heterocycles. The summed E-state index contributed by atoms with van der Waals surface area (Å²) < 4.78 is 39.0. The molecule has 1 amide bonds. The van der Waals surface area contributed by atoms with Gasteiger partial charge < -0.3 is 20.1 Å². The van der Waals surface area contributed by atoms with Crippen LogP contribution in [0.3, 0.4) is 0 Å². The molecule has 1 aliphatic heterocycles. The van der Waals surface area contributed by atoms with Crippen LogP contribution in [0.4, 0.5) is 0 Å². The molecule has 0 aromatic heterocycles. The number of nitrogens with one attached hydrogen (secondary N) is 1. The van der Waals surface area contributed by atoms with Crippen molar-refractivity contribution in [3.8, 4) is 0 Å². The number of benzene rings is 1. The van der Waals surface area contributed by atoms with Gasteiger partial charge in [-0.2, -0.15) is 0 Å². The Bertz CT molecular complexity index is 676. The maximum absolute atomic E-state index is 12.6. The molecule has 0 unspecified atom stereocenters. The monoisotopic (exact) mass is 371 g/mol. The van der Waals surface area contributed by atoms with Crippen LogP contribution in [0.25, 0.3) is 0 Å². The summed E-state index contributed by atoms with van der Waals surface area (Å²) in [5, 5.41) is 0. The second kappa shape index (κ2) is 8.72. The maximum atomic E-state index is 12.6. The first-order chi connectivity index (χ1) is 11.8. The number of amides is 1. The number of hydrogen-bond donors (Lipinski definition) is 2. The van der Waals surface area contributed by atoms with Crippen LogP contribution in [0.15, 0.2) is 29.2 Å². The van der Waals surface area contributed by atoms with E-state index in [4.69, 9.17) is 15.2 Å². The summed E-state index contributed by atoms with van der Waals surface area (Å²) in [7, 11) is 0.158. The van der Waals surface area contributed by atoms with Gasteiger partial charge in [0.1, 0.15) is 0 Å². The molecule has 0 aliphatic carbocycles. The average molecular weight is 371 g/mol. The zero-order valence-electron chi connectivity index (χ0n) is 14.5. The van der Waals surface area contributed by atoms with Crippen molar-refractivity contribution in [3.63, 3.8) is 0 Å². The van der Waals surface area contributed by atoms with Crippen molar-refractivity contribution in [2.24, 2.45) is 5.73 Å². The Morgan fingerprint density at radius 1 is 1.36 bits per heavy atom. The molecular weight excluding hydrogens is 346 g/mol. The summed E-state index contributed by atoms with van der Waals surface area (Å²) >= 11 is 0. The van der Waals surface area contributed by atoms with Crippen LogP contribution in [-0.2, 0) is 19.5 Å². The minimum atomic E-state index is -3.72. The van der Waals surface area contributed by atoms with E-state index < -0.39 is 15.9 Å². The normalized spacial score (nSPS) is 21.4. The lowest BCUT2D eigenvalue weighted by Gasteiger charge is -2.32. The van der Waals surface area contributed by atoms with Crippen molar-refractivity contribution in [1.29, 1.82) is 0 Å². The number of likely N-dealkylation sites (N-methyl/N-ethyl adjacent to an activating group) is 1. The van der Waals surface area contributed by atoms with E-state index in [0.29, 0.717) is 26.2 Å². The first-order valence-corrected chi connectivity index (χ1v) is 9.54. The molecule has 0 spiro atoms. The molecule has 3 N–H and O–H groups in total. The van der Waals surface area contributed by atoms with E-state index in [-0.39, 0.29) is 22.6 Å². The highest BCUT2D eigenvalue weighted by atomic mass is 32.2. The Labute approximate surface area is 148 Å². The van der Waals surface area contributed by atoms with Crippen molar-refractivity contribution < 1.29 is 22.7 Å². The number of nitrogens with zero attached hydrogens (tertiary/aromatic N) is 1. The zero-order chi connectivity index (χ0) is 18.4. The highest BCUT2D eigenvalue weighted by Crippen LogP contribution is 2.16. The summed E-state index contributed by atoms with van der Waals surface area (Å²) in [6.07, 6.45) is 0.193. The fraction of sp³-hybridized carbons (Fsp3) is 0.562. The van der Waals surface area contributed by atoms with Crippen molar-refractivity contribution in [1.82, 2.24) is 9.62 Å². The van der Waals surface area contributed by atoms with Gasteiger partial charge in [0.2, 0.25) is 15.9 Å². The van der Waals surface area contributed by atoms with Crippen molar-refractivity contribution in [3.05, 3.63) is 29.8 Å². The van der Waals surface area contributed by atoms with Crippen molar-refractivity contribution >= 4 is 15.9 Å². The molecule has 2 rings (SSSR count). The van der Waals surface area contributed by atoms with Gasteiger partial charge in [-0.3, -0.25) is 4.79 Å². The second-order valence-electron chi connectivity index (χ2n) is 6.19. The largest absolute Gasteiger partial charge is 0.379 e. The van der Waals surface area contributed by atoms with E-state index in [0.717, 1.165) is 6.54 Å². The van der Waals surface area contributed by atoms with Crippen molar-refractivity contribution in [2.45, 2.75) is 23.5 Å². The van der Waals surface area contributed by atoms with Gasteiger partial charge in [-0.05, 0) is 44.8 Å². The fourth-order valence-electron chi connectivity index (χ4n) is 2.46. The summed E-state index contributed by atoms with van der Waals surface area (Å²) in [6, 6.07) is 5.15. The number of hydrogen-bond acceptors (Lipinski definition) is 6. The molecule has 2 atom stereocenters. The summed E-state index contributed by atoms with van der Waals surface area (Å²) in [5.74, 6) is -0.601. The van der Waals surface area contributed by atoms with Gasteiger partial charge in [-0.15, -0.1) is 0 Å². The summed E-state index contributed by atoms with van der Waals surface area (Å²) in [5.41, 5.74) is 5.43. The Morgan fingerprint density at radius 3 is 2.64 bits per heavy atom. The minimum Gasteiger partial charge on any atom is -0.379 e. The number of rotatable bonds is 8. The van der Waals surface area contributed by atoms with Gasteiger partial charge in [-0.1, -0.05) is 0 Å². The Kier molecular flexibility index (Phi) is 6.91. The highest BCUT2D eigenvalue weighted by molar-refractivity contribution is 7.89. The van der Waals surface area contributed by atoms with Gasteiger partial charge in [0.15, 0.2) is 0 Å². The van der Waals surface area contributed by atoms with E-state index in [9.17, 15) is 13.2 Å². The third-order valence-electron chi connectivity index (χ3n) is 3.93. The lowest BCUT2D eigenvalue weighted by atomic mass is 10.1. The zero-order valence-corrected chi connectivity index (χ0v) is 15.3. The fourth-order valence-corrected chi connectivity index (χ4v) is 3.76. The van der Waals surface area contributed by atoms with Crippen LogP contribution >= 0.6 is 0 Å². The van der Waals surface area contributed by atoms with Gasteiger partial charge in [0.05, 0.1) is 30.3 Å².